The molecule has 1 aliphatic carbocycles. The van der Waals surface area contributed by atoms with Crippen LogP contribution < -0.4 is 5.32 Å². The number of hydrogen-bond acceptors (Lipinski definition) is 5. The molecule has 1 saturated carbocycles. The van der Waals surface area contributed by atoms with E-state index >= 15 is 0 Å². The normalized spacial score (nSPS) is 24.7. The zero-order chi connectivity index (χ0) is 16.2. The molecule has 2 heterocycles. The predicted octanol–water partition coefficient (Wildman–Crippen LogP) is 1.12. The van der Waals surface area contributed by atoms with Gasteiger partial charge in [-0.2, -0.15) is 0 Å². The lowest BCUT2D eigenvalue weighted by Gasteiger charge is -2.36. The summed E-state index contributed by atoms with van der Waals surface area (Å²) in [7, 11) is 0. The zero-order valence-electron chi connectivity index (χ0n) is 14.1. The Hall–Kier alpha value is -1.47. The van der Waals surface area contributed by atoms with E-state index in [1.807, 2.05) is 11.5 Å². The summed E-state index contributed by atoms with van der Waals surface area (Å²) < 4.78 is 7.86. The van der Waals surface area contributed by atoms with Crippen LogP contribution >= 0.6 is 0 Å². The molecule has 0 spiro atoms. The number of ether oxygens (including phenoxy) is 1. The summed E-state index contributed by atoms with van der Waals surface area (Å²) in [6, 6.07) is 0.227. The molecule has 7 heteroatoms. The Morgan fingerprint density at radius 3 is 3.00 bits per heavy atom. The molecule has 3 rings (SSSR count). The Morgan fingerprint density at radius 1 is 1.48 bits per heavy atom. The number of aromatic nitrogens is 3. The van der Waals surface area contributed by atoms with Crippen molar-refractivity contribution < 1.29 is 9.53 Å². The van der Waals surface area contributed by atoms with E-state index in [0.29, 0.717) is 19.2 Å². The molecule has 1 aromatic heterocycles. The predicted molar refractivity (Wildman–Crippen MR) is 85.8 cm³/mol. The standard InChI is InChI=1S/C16H27N5O2/c1-3-20-11-17-19-15(20)14-10-21(8-9-23-14)12(2)16(22)18-13-6-4-5-7-13/h11-14H,3-10H2,1-2H3,(H,18,22)/t12-,14+/m1/s1. The maximum atomic E-state index is 12.5. The van der Waals surface area contributed by atoms with Gasteiger partial charge in [0.25, 0.3) is 0 Å². The van der Waals surface area contributed by atoms with Crippen LogP contribution in [0.15, 0.2) is 6.33 Å². The Kier molecular flexibility index (Phi) is 5.27. The van der Waals surface area contributed by atoms with E-state index in [0.717, 1.165) is 31.8 Å². The van der Waals surface area contributed by atoms with E-state index in [1.165, 1.54) is 12.8 Å². The molecule has 1 saturated heterocycles. The Balaban J connectivity index is 1.60. The molecule has 2 aliphatic rings. The van der Waals surface area contributed by atoms with Crippen LogP contribution in [-0.2, 0) is 16.1 Å². The van der Waals surface area contributed by atoms with Crippen LogP contribution in [0.3, 0.4) is 0 Å². The van der Waals surface area contributed by atoms with Crippen LogP contribution in [0.2, 0.25) is 0 Å². The van der Waals surface area contributed by atoms with Gasteiger partial charge in [0.1, 0.15) is 12.4 Å². The molecule has 2 fully saturated rings. The van der Waals surface area contributed by atoms with Gasteiger partial charge in [0.2, 0.25) is 5.91 Å². The number of carbonyl (C=O) groups excluding carboxylic acids is 1. The largest absolute Gasteiger partial charge is 0.368 e. The first-order valence-corrected chi connectivity index (χ1v) is 8.72. The van der Waals surface area contributed by atoms with Gasteiger partial charge in [0.05, 0.1) is 12.6 Å². The Morgan fingerprint density at radius 2 is 2.26 bits per heavy atom. The highest BCUT2D eigenvalue weighted by Crippen LogP contribution is 2.22. The maximum absolute atomic E-state index is 12.5. The molecule has 1 amide bonds. The summed E-state index contributed by atoms with van der Waals surface area (Å²) in [5, 5.41) is 11.4. The Labute approximate surface area is 137 Å². The Bertz CT molecular complexity index is 526. The van der Waals surface area contributed by atoms with Crippen molar-refractivity contribution in [2.75, 3.05) is 19.7 Å². The smallest absolute Gasteiger partial charge is 0.237 e. The van der Waals surface area contributed by atoms with Gasteiger partial charge < -0.3 is 14.6 Å². The fourth-order valence-electron chi connectivity index (χ4n) is 3.49. The van der Waals surface area contributed by atoms with Crippen LogP contribution in [0.5, 0.6) is 0 Å². The number of nitrogens with zero attached hydrogens (tertiary/aromatic N) is 4. The second kappa shape index (κ2) is 7.40. The quantitative estimate of drug-likeness (QED) is 0.880. The van der Waals surface area contributed by atoms with Crippen molar-refractivity contribution in [2.24, 2.45) is 0 Å². The molecule has 0 aromatic carbocycles. The molecule has 23 heavy (non-hydrogen) atoms. The number of nitrogens with one attached hydrogen (secondary N) is 1. The van der Waals surface area contributed by atoms with E-state index in [9.17, 15) is 4.79 Å². The fourth-order valence-corrected chi connectivity index (χ4v) is 3.49. The molecule has 128 valence electrons. The number of hydrogen-bond donors (Lipinski definition) is 1. The topological polar surface area (TPSA) is 72.3 Å². The molecule has 1 N–H and O–H groups in total. The fraction of sp³-hybridized carbons (Fsp3) is 0.812. The minimum atomic E-state index is -0.139. The lowest BCUT2D eigenvalue weighted by Crippen LogP contribution is -2.52. The van der Waals surface area contributed by atoms with Gasteiger partial charge in [-0.1, -0.05) is 12.8 Å². The average molecular weight is 321 g/mol. The average Bonchev–Trinajstić information content (AvgIpc) is 3.25. The molecule has 7 nitrogen and oxygen atoms in total. The van der Waals surface area contributed by atoms with Gasteiger partial charge in [-0.05, 0) is 26.7 Å². The lowest BCUT2D eigenvalue weighted by atomic mass is 10.1. The number of aryl methyl sites for hydroxylation is 1. The van der Waals surface area contributed by atoms with E-state index in [4.69, 9.17) is 4.74 Å². The summed E-state index contributed by atoms with van der Waals surface area (Å²) in [5.41, 5.74) is 0. The first kappa shape index (κ1) is 16.4. The van der Waals surface area contributed by atoms with Gasteiger partial charge in [0, 0.05) is 25.7 Å². The zero-order valence-corrected chi connectivity index (χ0v) is 14.1. The second-order valence-electron chi connectivity index (χ2n) is 6.50. The van der Waals surface area contributed by atoms with E-state index in [2.05, 4.69) is 27.3 Å². The van der Waals surface area contributed by atoms with E-state index in [-0.39, 0.29) is 18.1 Å². The minimum absolute atomic E-state index is 0.118. The van der Waals surface area contributed by atoms with Gasteiger partial charge in [0.15, 0.2) is 5.82 Å². The van der Waals surface area contributed by atoms with Crippen molar-refractivity contribution in [1.82, 2.24) is 25.0 Å². The van der Waals surface area contributed by atoms with Crippen molar-refractivity contribution >= 4 is 5.91 Å². The monoisotopic (exact) mass is 321 g/mol. The van der Waals surface area contributed by atoms with Crippen molar-refractivity contribution in [2.45, 2.75) is 64.3 Å². The van der Waals surface area contributed by atoms with Gasteiger partial charge in [-0.15, -0.1) is 10.2 Å². The van der Waals surface area contributed by atoms with Crippen LogP contribution in [0.1, 0.15) is 51.5 Å². The van der Waals surface area contributed by atoms with Crippen LogP contribution in [0, 0.1) is 0 Å². The SMILES string of the molecule is CCn1cnnc1[C@@H]1CN([C@H](C)C(=O)NC2CCCC2)CCO1. The number of amides is 1. The molecule has 1 aliphatic heterocycles. The second-order valence-corrected chi connectivity index (χ2v) is 6.50. The summed E-state index contributed by atoms with van der Waals surface area (Å²) in [6.07, 6.45) is 6.30. The molecule has 0 radical (unpaired) electrons. The van der Waals surface area contributed by atoms with Crippen LogP contribution in [-0.4, -0.2) is 57.4 Å². The molecule has 2 atom stereocenters. The maximum Gasteiger partial charge on any atom is 0.237 e. The number of morpholine rings is 1. The molecule has 1 aromatic rings. The van der Waals surface area contributed by atoms with Gasteiger partial charge >= 0.3 is 0 Å². The third-order valence-electron chi connectivity index (χ3n) is 5.00. The molecular formula is C16H27N5O2. The molecule has 0 unspecified atom stereocenters. The highest BCUT2D eigenvalue weighted by molar-refractivity contribution is 5.81. The first-order chi connectivity index (χ1) is 11.2. The van der Waals surface area contributed by atoms with Crippen molar-refractivity contribution in [3.8, 4) is 0 Å². The van der Waals surface area contributed by atoms with Crippen LogP contribution in [0.25, 0.3) is 0 Å². The van der Waals surface area contributed by atoms with Crippen molar-refractivity contribution in [3.05, 3.63) is 12.2 Å². The highest BCUT2D eigenvalue weighted by Gasteiger charge is 2.31. The van der Waals surface area contributed by atoms with Gasteiger partial charge in [-0.3, -0.25) is 9.69 Å². The lowest BCUT2D eigenvalue weighted by molar-refractivity contribution is -0.130. The summed E-state index contributed by atoms with van der Waals surface area (Å²) in [5.74, 6) is 0.982. The van der Waals surface area contributed by atoms with Gasteiger partial charge in [-0.25, -0.2) is 0 Å². The third-order valence-corrected chi connectivity index (χ3v) is 5.00. The van der Waals surface area contributed by atoms with E-state index in [1.54, 1.807) is 6.33 Å². The summed E-state index contributed by atoms with van der Waals surface area (Å²) in [6.45, 7) is 6.93. The molecular weight excluding hydrogens is 294 g/mol. The van der Waals surface area contributed by atoms with Crippen molar-refractivity contribution in [3.63, 3.8) is 0 Å². The first-order valence-electron chi connectivity index (χ1n) is 8.72. The summed E-state index contributed by atoms with van der Waals surface area (Å²) in [4.78, 5) is 14.7. The third kappa shape index (κ3) is 3.72. The van der Waals surface area contributed by atoms with E-state index < -0.39 is 0 Å². The van der Waals surface area contributed by atoms with Crippen LogP contribution in [0.4, 0.5) is 0 Å². The molecule has 0 bridgehead atoms. The number of carbonyl (C=O) groups is 1. The number of rotatable bonds is 5. The van der Waals surface area contributed by atoms with Crippen molar-refractivity contribution in [1.29, 1.82) is 0 Å². The highest BCUT2D eigenvalue weighted by atomic mass is 16.5. The summed E-state index contributed by atoms with van der Waals surface area (Å²) >= 11 is 0. The minimum Gasteiger partial charge on any atom is -0.368 e.